The molecule has 0 amide bonds. The van der Waals surface area contributed by atoms with Gasteiger partial charge in [0.15, 0.2) is 0 Å². The number of fused-ring (bicyclic) bond motifs is 1. The number of unbranched alkanes of at least 4 members (excludes halogenated alkanes) is 3. The van der Waals surface area contributed by atoms with Crippen molar-refractivity contribution >= 4 is 34.1 Å². The van der Waals surface area contributed by atoms with Crippen LogP contribution in [-0.2, 0) is 6.54 Å². The van der Waals surface area contributed by atoms with Crippen molar-refractivity contribution < 1.29 is 4.74 Å². The van der Waals surface area contributed by atoms with Gasteiger partial charge in [-0.3, -0.25) is 9.36 Å². The molecule has 33 heavy (non-hydrogen) atoms. The summed E-state index contributed by atoms with van der Waals surface area (Å²) in [6.45, 7) is 3.24. The molecule has 0 fully saturated rings. The van der Waals surface area contributed by atoms with Gasteiger partial charge in [0.2, 0.25) is 0 Å². The number of hydrogen-bond donors (Lipinski definition) is 0. The molecule has 3 aromatic carbocycles. The maximum atomic E-state index is 13.2. The molecule has 0 saturated carbocycles. The molecule has 0 aliphatic heterocycles. The van der Waals surface area contributed by atoms with Crippen LogP contribution in [0.5, 0.6) is 5.75 Å². The summed E-state index contributed by atoms with van der Waals surface area (Å²) in [6.07, 6.45) is 3.81. The highest BCUT2D eigenvalue weighted by Crippen LogP contribution is 2.25. The maximum absolute atomic E-state index is 13.2. The van der Waals surface area contributed by atoms with Crippen LogP contribution < -0.4 is 10.3 Å². The van der Waals surface area contributed by atoms with E-state index in [1.54, 1.807) is 4.57 Å². The molecule has 0 aliphatic rings. The van der Waals surface area contributed by atoms with Gasteiger partial charge >= 0.3 is 0 Å². The number of para-hydroxylation sites is 1. The van der Waals surface area contributed by atoms with Crippen LogP contribution in [0.4, 0.5) is 0 Å². The van der Waals surface area contributed by atoms with E-state index in [0.29, 0.717) is 39.9 Å². The molecule has 0 spiro atoms. The van der Waals surface area contributed by atoms with E-state index in [1.165, 1.54) is 0 Å². The quantitative estimate of drug-likeness (QED) is 0.235. The highest BCUT2D eigenvalue weighted by Gasteiger charge is 2.12. The molecule has 0 radical (unpaired) electrons. The molecule has 0 saturated heterocycles. The fourth-order valence-corrected chi connectivity index (χ4v) is 4.24. The van der Waals surface area contributed by atoms with Gasteiger partial charge in [-0.1, -0.05) is 54.2 Å². The lowest BCUT2D eigenvalue weighted by Crippen LogP contribution is -2.23. The van der Waals surface area contributed by atoms with Crippen molar-refractivity contribution in [3.63, 3.8) is 0 Å². The van der Waals surface area contributed by atoms with Gasteiger partial charge in [0, 0.05) is 17.1 Å². The van der Waals surface area contributed by atoms with Crippen LogP contribution >= 0.6 is 23.2 Å². The predicted octanol–water partition coefficient (Wildman–Crippen LogP) is 7.32. The minimum absolute atomic E-state index is 0.0112. The van der Waals surface area contributed by atoms with Crippen molar-refractivity contribution in [3.05, 3.63) is 92.7 Å². The minimum atomic E-state index is -0.0112. The number of rotatable bonds is 9. The molecule has 0 atom stereocenters. The van der Waals surface area contributed by atoms with E-state index in [4.69, 9.17) is 32.9 Å². The average Bonchev–Trinajstić information content (AvgIpc) is 2.81. The standard InChI is InChI=1S/C27H26Cl2N2O2/c1-19-10-15-25(23(29)18-19)33-17-7-3-2-6-16-31-26(20-11-13-21(28)14-12-20)30-24-9-5-4-8-22(24)27(31)32/h4-5,8-15,18H,2-3,6-7,16-17H2,1H3. The number of halogens is 2. The number of hydrogen-bond acceptors (Lipinski definition) is 3. The van der Waals surface area contributed by atoms with Crippen LogP contribution in [0.2, 0.25) is 10.0 Å². The number of ether oxygens (including phenoxy) is 1. The van der Waals surface area contributed by atoms with E-state index in [9.17, 15) is 4.79 Å². The van der Waals surface area contributed by atoms with Crippen LogP contribution in [0.15, 0.2) is 71.5 Å². The molecule has 170 valence electrons. The first-order valence-electron chi connectivity index (χ1n) is 11.2. The summed E-state index contributed by atoms with van der Waals surface area (Å²) >= 11 is 12.3. The molecule has 1 aromatic heterocycles. The number of benzene rings is 3. The summed E-state index contributed by atoms with van der Waals surface area (Å²) < 4.78 is 7.59. The number of aromatic nitrogens is 2. The third kappa shape index (κ3) is 5.76. The Kier molecular flexibility index (Phi) is 7.69. The summed E-state index contributed by atoms with van der Waals surface area (Å²) in [5.74, 6) is 1.40. The van der Waals surface area contributed by atoms with Crippen LogP contribution in [-0.4, -0.2) is 16.2 Å². The molecule has 0 unspecified atom stereocenters. The van der Waals surface area contributed by atoms with Crippen LogP contribution in [0.3, 0.4) is 0 Å². The van der Waals surface area contributed by atoms with E-state index >= 15 is 0 Å². The lowest BCUT2D eigenvalue weighted by molar-refractivity contribution is 0.304. The van der Waals surface area contributed by atoms with Crippen molar-refractivity contribution in [1.82, 2.24) is 9.55 Å². The smallest absolute Gasteiger partial charge is 0.261 e. The molecule has 0 N–H and O–H groups in total. The minimum Gasteiger partial charge on any atom is -0.492 e. The Bertz CT molecular complexity index is 1300. The number of nitrogens with zero attached hydrogens (tertiary/aromatic N) is 2. The lowest BCUT2D eigenvalue weighted by atomic mass is 10.1. The summed E-state index contributed by atoms with van der Waals surface area (Å²) in [7, 11) is 0. The van der Waals surface area contributed by atoms with E-state index in [2.05, 4.69) is 0 Å². The van der Waals surface area contributed by atoms with Crippen molar-refractivity contribution in [3.8, 4) is 17.1 Å². The van der Waals surface area contributed by atoms with Gasteiger partial charge < -0.3 is 4.74 Å². The molecular weight excluding hydrogens is 455 g/mol. The zero-order chi connectivity index (χ0) is 23.2. The monoisotopic (exact) mass is 480 g/mol. The van der Waals surface area contributed by atoms with Gasteiger partial charge in [-0.2, -0.15) is 0 Å². The molecule has 0 bridgehead atoms. The third-order valence-electron chi connectivity index (χ3n) is 5.59. The summed E-state index contributed by atoms with van der Waals surface area (Å²) in [5.41, 5.74) is 2.69. The van der Waals surface area contributed by atoms with Crippen molar-refractivity contribution in [2.45, 2.75) is 39.2 Å². The largest absolute Gasteiger partial charge is 0.492 e. The van der Waals surface area contributed by atoms with Gasteiger partial charge in [0.25, 0.3) is 5.56 Å². The second-order valence-electron chi connectivity index (χ2n) is 8.11. The Hall–Kier alpha value is -2.82. The molecule has 0 aliphatic carbocycles. The highest BCUT2D eigenvalue weighted by atomic mass is 35.5. The third-order valence-corrected chi connectivity index (χ3v) is 6.13. The first kappa shape index (κ1) is 23.3. The molecule has 4 aromatic rings. The summed E-state index contributed by atoms with van der Waals surface area (Å²) in [4.78, 5) is 18.0. The van der Waals surface area contributed by atoms with Gasteiger partial charge in [-0.25, -0.2) is 4.98 Å². The van der Waals surface area contributed by atoms with Crippen LogP contribution in [0.25, 0.3) is 22.3 Å². The van der Waals surface area contributed by atoms with Crippen LogP contribution in [0, 0.1) is 6.92 Å². The predicted molar refractivity (Wildman–Crippen MR) is 137 cm³/mol. The van der Waals surface area contributed by atoms with E-state index in [-0.39, 0.29) is 5.56 Å². The molecular formula is C27H26Cl2N2O2. The molecule has 4 rings (SSSR count). The summed E-state index contributed by atoms with van der Waals surface area (Å²) in [5, 5.41) is 1.94. The number of aryl methyl sites for hydroxylation is 1. The van der Waals surface area contributed by atoms with Crippen molar-refractivity contribution in [2.24, 2.45) is 0 Å². The first-order valence-corrected chi connectivity index (χ1v) is 11.9. The summed E-state index contributed by atoms with van der Waals surface area (Å²) in [6, 6.07) is 20.8. The Labute approximate surface area is 203 Å². The SMILES string of the molecule is Cc1ccc(OCCCCCCn2c(-c3ccc(Cl)cc3)nc3ccccc3c2=O)c(Cl)c1. The van der Waals surface area contributed by atoms with Crippen molar-refractivity contribution in [1.29, 1.82) is 0 Å². The van der Waals surface area contributed by atoms with E-state index < -0.39 is 0 Å². The molecule has 1 heterocycles. The lowest BCUT2D eigenvalue weighted by Gasteiger charge is -2.14. The van der Waals surface area contributed by atoms with Gasteiger partial charge in [0.05, 0.1) is 22.5 Å². The second kappa shape index (κ2) is 10.9. The second-order valence-corrected chi connectivity index (χ2v) is 8.96. The zero-order valence-electron chi connectivity index (χ0n) is 18.6. The van der Waals surface area contributed by atoms with Gasteiger partial charge in [-0.05, 0) is 73.9 Å². The fourth-order valence-electron chi connectivity index (χ4n) is 3.83. The van der Waals surface area contributed by atoms with Crippen molar-refractivity contribution in [2.75, 3.05) is 6.61 Å². The maximum Gasteiger partial charge on any atom is 0.261 e. The average molecular weight is 481 g/mol. The molecule has 4 nitrogen and oxygen atoms in total. The van der Waals surface area contributed by atoms with Gasteiger partial charge in [-0.15, -0.1) is 0 Å². The van der Waals surface area contributed by atoms with E-state index in [1.807, 2.05) is 73.7 Å². The van der Waals surface area contributed by atoms with Crippen LogP contribution in [0.1, 0.15) is 31.2 Å². The topological polar surface area (TPSA) is 44.1 Å². The Morgan fingerprint density at radius 2 is 1.67 bits per heavy atom. The fraction of sp³-hybridized carbons (Fsp3) is 0.259. The Morgan fingerprint density at radius 3 is 2.45 bits per heavy atom. The highest BCUT2D eigenvalue weighted by molar-refractivity contribution is 6.32. The first-order chi connectivity index (χ1) is 16.0. The van der Waals surface area contributed by atoms with E-state index in [0.717, 1.165) is 42.6 Å². The van der Waals surface area contributed by atoms with Gasteiger partial charge in [0.1, 0.15) is 11.6 Å². The zero-order valence-corrected chi connectivity index (χ0v) is 20.1. The Balaban J connectivity index is 1.39. The molecule has 6 heteroatoms. The Morgan fingerprint density at radius 1 is 0.909 bits per heavy atom. The normalized spacial score (nSPS) is 11.1.